The van der Waals surface area contributed by atoms with Crippen LogP contribution in [0.25, 0.3) is 0 Å². The first-order valence-corrected chi connectivity index (χ1v) is 6.78. The molecule has 0 bridgehead atoms. The second-order valence-corrected chi connectivity index (χ2v) is 4.91. The molecule has 1 unspecified atom stereocenters. The van der Waals surface area contributed by atoms with Gasteiger partial charge in [0.15, 0.2) is 11.5 Å². The maximum Gasteiger partial charge on any atom is 0.231 e. The van der Waals surface area contributed by atoms with Gasteiger partial charge in [0.25, 0.3) is 0 Å². The number of aldehydes is 1. The van der Waals surface area contributed by atoms with Crippen molar-refractivity contribution in [2.24, 2.45) is 0 Å². The highest BCUT2D eigenvalue weighted by Crippen LogP contribution is 2.35. The van der Waals surface area contributed by atoms with Gasteiger partial charge in [-0.3, -0.25) is 0 Å². The number of benzene rings is 2. The molecular weight excluding hydrogens is 268 g/mol. The van der Waals surface area contributed by atoms with E-state index in [0.29, 0.717) is 12.2 Å². The number of methoxy groups -OCH3 is 1. The molecule has 0 fully saturated rings. The van der Waals surface area contributed by atoms with Crippen molar-refractivity contribution in [3.05, 3.63) is 53.6 Å². The summed E-state index contributed by atoms with van der Waals surface area (Å²) in [5.74, 6) is 2.04. The van der Waals surface area contributed by atoms with E-state index in [0.717, 1.165) is 28.9 Å². The third-order valence-electron chi connectivity index (χ3n) is 3.60. The molecule has 0 aromatic heterocycles. The van der Waals surface area contributed by atoms with Crippen molar-refractivity contribution in [3.63, 3.8) is 0 Å². The Hall–Kier alpha value is -2.49. The van der Waals surface area contributed by atoms with E-state index >= 15 is 0 Å². The molecule has 0 aliphatic carbocycles. The highest BCUT2D eigenvalue weighted by Gasteiger charge is 2.18. The quantitative estimate of drug-likeness (QED) is 0.792. The molecule has 0 amide bonds. The van der Waals surface area contributed by atoms with E-state index in [2.05, 4.69) is 0 Å². The Morgan fingerprint density at radius 3 is 2.62 bits per heavy atom. The van der Waals surface area contributed by atoms with E-state index < -0.39 is 0 Å². The summed E-state index contributed by atoms with van der Waals surface area (Å²) in [6.07, 6.45) is 1.62. The SMILES string of the molecule is COc1ccc(CC(C=O)c2ccc3c(c2)OCO3)cc1. The molecule has 1 aliphatic rings. The standard InChI is InChI=1S/C17H16O4/c1-19-15-5-2-12(3-6-15)8-14(10-18)13-4-7-16-17(9-13)21-11-20-16/h2-7,9-10,14H,8,11H2,1H3. The fraction of sp³-hybridized carbons (Fsp3) is 0.235. The summed E-state index contributed by atoms with van der Waals surface area (Å²) in [5.41, 5.74) is 2.02. The normalized spacial score (nSPS) is 13.8. The number of carbonyl (C=O) groups excluding carboxylic acids is 1. The zero-order valence-electron chi connectivity index (χ0n) is 11.7. The van der Waals surface area contributed by atoms with Gasteiger partial charge in [-0.15, -0.1) is 0 Å². The minimum atomic E-state index is -0.201. The van der Waals surface area contributed by atoms with Crippen LogP contribution in [0.4, 0.5) is 0 Å². The van der Waals surface area contributed by atoms with Gasteiger partial charge in [-0.2, -0.15) is 0 Å². The highest BCUT2D eigenvalue weighted by atomic mass is 16.7. The summed E-state index contributed by atoms with van der Waals surface area (Å²) in [6.45, 7) is 0.239. The Balaban J connectivity index is 1.79. The van der Waals surface area contributed by atoms with Crippen molar-refractivity contribution in [1.82, 2.24) is 0 Å². The maximum atomic E-state index is 11.4. The first-order chi connectivity index (χ1) is 10.3. The molecule has 108 valence electrons. The second-order valence-electron chi connectivity index (χ2n) is 4.91. The molecule has 0 radical (unpaired) electrons. The van der Waals surface area contributed by atoms with Crippen LogP contribution in [0.5, 0.6) is 17.2 Å². The molecule has 4 nitrogen and oxygen atoms in total. The summed E-state index contributed by atoms with van der Waals surface area (Å²) in [6, 6.07) is 13.4. The number of hydrogen-bond donors (Lipinski definition) is 0. The third kappa shape index (κ3) is 2.84. The van der Waals surface area contributed by atoms with Crippen molar-refractivity contribution >= 4 is 6.29 Å². The van der Waals surface area contributed by atoms with Gasteiger partial charge in [-0.1, -0.05) is 18.2 Å². The second kappa shape index (κ2) is 5.87. The summed E-state index contributed by atoms with van der Waals surface area (Å²) < 4.78 is 15.8. The monoisotopic (exact) mass is 284 g/mol. The summed E-state index contributed by atoms with van der Waals surface area (Å²) >= 11 is 0. The van der Waals surface area contributed by atoms with Gasteiger partial charge in [-0.25, -0.2) is 0 Å². The maximum absolute atomic E-state index is 11.4. The Bertz CT molecular complexity index is 634. The molecular formula is C17H16O4. The average molecular weight is 284 g/mol. The van der Waals surface area contributed by atoms with E-state index in [1.165, 1.54) is 0 Å². The zero-order chi connectivity index (χ0) is 14.7. The van der Waals surface area contributed by atoms with Crippen molar-refractivity contribution in [2.45, 2.75) is 12.3 Å². The van der Waals surface area contributed by atoms with Crippen molar-refractivity contribution < 1.29 is 19.0 Å². The lowest BCUT2D eigenvalue weighted by Crippen LogP contribution is -2.04. The van der Waals surface area contributed by atoms with Gasteiger partial charge < -0.3 is 19.0 Å². The molecule has 21 heavy (non-hydrogen) atoms. The summed E-state index contributed by atoms with van der Waals surface area (Å²) in [5, 5.41) is 0. The van der Waals surface area contributed by atoms with E-state index in [1.807, 2.05) is 42.5 Å². The molecule has 0 saturated carbocycles. The third-order valence-corrected chi connectivity index (χ3v) is 3.60. The van der Waals surface area contributed by atoms with Crippen LogP contribution in [-0.4, -0.2) is 20.2 Å². The minimum Gasteiger partial charge on any atom is -0.497 e. The smallest absolute Gasteiger partial charge is 0.231 e. The molecule has 2 aromatic rings. The number of rotatable bonds is 5. The van der Waals surface area contributed by atoms with Crippen LogP contribution in [0.2, 0.25) is 0 Å². The van der Waals surface area contributed by atoms with Gasteiger partial charge in [0.1, 0.15) is 12.0 Å². The van der Waals surface area contributed by atoms with Crippen LogP contribution in [0.15, 0.2) is 42.5 Å². The van der Waals surface area contributed by atoms with Crippen molar-refractivity contribution in [2.75, 3.05) is 13.9 Å². The van der Waals surface area contributed by atoms with Gasteiger partial charge in [-0.05, 0) is 41.8 Å². The van der Waals surface area contributed by atoms with E-state index in [1.54, 1.807) is 7.11 Å². The molecule has 1 aliphatic heterocycles. The minimum absolute atomic E-state index is 0.201. The van der Waals surface area contributed by atoms with Crippen molar-refractivity contribution in [3.8, 4) is 17.2 Å². The number of carbonyl (C=O) groups is 1. The molecule has 0 spiro atoms. The van der Waals surface area contributed by atoms with Crippen LogP contribution in [0.3, 0.4) is 0 Å². The Labute approximate surface area is 123 Å². The molecule has 3 rings (SSSR count). The van der Waals surface area contributed by atoms with Crippen molar-refractivity contribution in [1.29, 1.82) is 0 Å². The highest BCUT2D eigenvalue weighted by molar-refractivity contribution is 5.64. The number of fused-ring (bicyclic) bond motifs is 1. The zero-order valence-corrected chi connectivity index (χ0v) is 11.7. The molecule has 0 saturated heterocycles. The van der Waals surface area contributed by atoms with Gasteiger partial charge >= 0.3 is 0 Å². The van der Waals surface area contributed by atoms with Crippen LogP contribution in [0.1, 0.15) is 17.0 Å². The Kier molecular flexibility index (Phi) is 3.77. The van der Waals surface area contributed by atoms with E-state index in [-0.39, 0.29) is 12.7 Å². The largest absolute Gasteiger partial charge is 0.497 e. The van der Waals surface area contributed by atoms with Gasteiger partial charge in [0, 0.05) is 5.92 Å². The fourth-order valence-electron chi connectivity index (χ4n) is 2.40. The van der Waals surface area contributed by atoms with Crippen LogP contribution >= 0.6 is 0 Å². The Morgan fingerprint density at radius 1 is 1.14 bits per heavy atom. The lowest BCUT2D eigenvalue weighted by molar-refractivity contribution is -0.109. The predicted molar refractivity (Wildman–Crippen MR) is 78.1 cm³/mol. The first-order valence-electron chi connectivity index (χ1n) is 6.78. The Morgan fingerprint density at radius 2 is 1.90 bits per heavy atom. The molecule has 1 atom stereocenters. The van der Waals surface area contributed by atoms with Crippen LogP contribution in [0, 0.1) is 0 Å². The molecule has 1 heterocycles. The summed E-state index contributed by atoms with van der Waals surface area (Å²) in [7, 11) is 1.63. The lowest BCUT2D eigenvalue weighted by atomic mass is 9.93. The van der Waals surface area contributed by atoms with Crippen LogP contribution < -0.4 is 14.2 Å². The van der Waals surface area contributed by atoms with E-state index in [4.69, 9.17) is 14.2 Å². The topological polar surface area (TPSA) is 44.8 Å². The first kappa shape index (κ1) is 13.5. The lowest BCUT2D eigenvalue weighted by Gasteiger charge is -2.12. The molecule has 4 heteroatoms. The predicted octanol–water partition coefficient (Wildman–Crippen LogP) is 2.95. The van der Waals surface area contributed by atoms with Gasteiger partial charge in [0.05, 0.1) is 7.11 Å². The number of hydrogen-bond acceptors (Lipinski definition) is 4. The number of ether oxygens (including phenoxy) is 3. The summed E-state index contributed by atoms with van der Waals surface area (Å²) in [4.78, 5) is 11.4. The molecule has 2 aromatic carbocycles. The van der Waals surface area contributed by atoms with Gasteiger partial charge in [0.2, 0.25) is 6.79 Å². The fourth-order valence-corrected chi connectivity index (χ4v) is 2.40. The average Bonchev–Trinajstić information content (AvgIpc) is 3.00. The molecule has 0 N–H and O–H groups in total. The van der Waals surface area contributed by atoms with Crippen LogP contribution in [-0.2, 0) is 11.2 Å². The van der Waals surface area contributed by atoms with E-state index in [9.17, 15) is 4.79 Å².